The number of imidazole rings is 1. The van der Waals surface area contributed by atoms with Gasteiger partial charge in [-0.3, -0.25) is 9.25 Å². The van der Waals surface area contributed by atoms with E-state index >= 15 is 0 Å². The molecule has 22 heavy (non-hydrogen) atoms. The second-order valence-corrected chi connectivity index (χ2v) is 6.22. The summed E-state index contributed by atoms with van der Waals surface area (Å²) in [6.07, 6.45) is 6.52. The van der Waals surface area contributed by atoms with E-state index in [4.69, 9.17) is 4.98 Å². The fourth-order valence-corrected chi connectivity index (χ4v) is 3.70. The van der Waals surface area contributed by atoms with Crippen molar-refractivity contribution >= 4 is 0 Å². The molecular weight excluding hydrogens is 274 g/mol. The van der Waals surface area contributed by atoms with Gasteiger partial charge in [-0.05, 0) is 46.7 Å². The Morgan fingerprint density at radius 2 is 2.05 bits per heavy atom. The lowest BCUT2D eigenvalue weighted by molar-refractivity contribution is 0.213. The van der Waals surface area contributed by atoms with Gasteiger partial charge in [-0.25, -0.2) is 4.98 Å². The molecule has 0 bridgehead atoms. The van der Waals surface area contributed by atoms with E-state index in [1.165, 1.54) is 36.6 Å². The van der Waals surface area contributed by atoms with Gasteiger partial charge in [0.1, 0.15) is 5.82 Å². The van der Waals surface area contributed by atoms with Gasteiger partial charge in [0.2, 0.25) is 0 Å². The highest BCUT2D eigenvalue weighted by atomic mass is 15.3. The lowest BCUT2D eigenvalue weighted by atomic mass is 9.97. The van der Waals surface area contributed by atoms with E-state index in [9.17, 15) is 0 Å². The van der Waals surface area contributed by atoms with E-state index in [0.717, 1.165) is 25.3 Å². The normalized spacial score (nSPS) is 19.7. The topological polar surface area (TPSA) is 38.9 Å². The van der Waals surface area contributed by atoms with Crippen LogP contribution < -0.4 is 0 Å². The summed E-state index contributed by atoms with van der Waals surface area (Å²) in [6, 6.07) is 0. The Labute approximate surface area is 133 Å². The van der Waals surface area contributed by atoms with E-state index in [1.54, 1.807) is 0 Å². The number of rotatable bonds is 4. The summed E-state index contributed by atoms with van der Waals surface area (Å²) in [6.45, 7) is 13.0. The molecule has 0 spiro atoms. The quantitative estimate of drug-likeness (QED) is 0.871. The second kappa shape index (κ2) is 6.24. The van der Waals surface area contributed by atoms with E-state index in [2.05, 4.69) is 53.1 Å². The third-order valence-electron chi connectivity index (χ3n) is 4.87. The highest BCUT2D eigenvalue weighted by molar-refractivity contribution is 5.42. The van der Waals surface area contributed by atoms with Gasteiger partial charge in [0.25, 0.3) is 0 Å². The van der Waals surface area contributed by atoms with Gasteiger partial charge in [-0.15, -0.1) is 0 Å². The molecule has 0 amide bonds. The zero-order valence-electron chi connectivity index (χ0n) is 14.2. The summed E-state index contributed by atoms with van der Waals surface area (Å²) >= 11 is 0. The van der Waals surface area contributed by atoms with Gasteiger partial charge < -0.3 is 4.90 Å². The van der Waals surface area contributed by atoms with Crippen LogP contribution in [-0.2, 0) is 6.54 Å². The smallest absolute Gasteiger partial charge is 0.117 e. The van der Waals surface area contributed by atoms with Gasteiger partial charge in [-0.1, -0.05) is 6.92 Å². The third kappa shape index (κ3) is 2.58. The largest absolute Gasteiger partial charge is 0.303 e. The maximum absolute atomic E-state index is 4.70. The van der Waals surface area contributed by atoms with Crippen LogP contribution in [-0.4, -0.2) is 43.9 Å². The van der Waals surface area contributed by atoms with Gasteiger partial charge >= 0.3 is 0 Å². The molecule has 0 aromatic carbocycles. The molecule has 3 heterocycles. The first-order valence-electron chi connectivity index (χ1n) is 8.45. The zero-order chi connectivity index (χ0) is 15.7. The summed E-state index contributed by atoms with van der Waals surface area (Å²) in [5, 5.41) is 4.66. The first-order valence-corrected chi connectivity index (χ1v) is 8.45. The van der Waals surface area contributed by atoms with Crippen LogP contribution in [0.1, 0.15) is 49.8 Å². The molecule has 2 aromatic heterocycles. The molecule has 120 valence electrons. The van der Waals surface area contributed by atoms with Crippen LogP contribution in [0.5, 0.6) is 0 Å². The molecule has 0 aliphatic carbocycles. The molecule has 0 saturated carbocycles. The van der Waals surface area contributed by atoms with Crippen molar-refractivity contribution in [2.75, 3.05) is 19.6 Å². The molecule has 1 saturated heterocycles. The molecule has 1 atom stereocenters. The first kappa shape index (κ1) is 15.3. The fraction of sp³-hybridized carbons (Fsp3) is 0.647. The van der Waals surface area contributed by atoms with E-state index in [1.807, 2.05) is 6.20 Å². The average molecular weight is 301 g/mol. The molecule has 1 aliphatic rings. The summed E-state index contributed by atoms with van der Waals surface area (Å²) in [7, 11) is 0. The standard InChI is InChI=1S/C17H27N5/c1-5-20-10-7-8-15(12-20)17-18-9-11-21(17)16-13(3)19-22(6-2)14(16)4/h9,11,15H,5-8,10,12H2,1-4H3. The van der Waals surface area contributed by atoms with Crippen molar-refractivity contribution in [2.45, 2.75) is 53.0 Å². The monoisotopic (exact) mass is 301 g/mol. The highest BCUT2D eigenvalue weighted by Crippen LogP contribution is 2.29. The second-order valence-electron chi connectivity index (χ2n) is 6.22. The van der Waals surface area contributed by atoms with E-state index in [-0.39, 0.29) is 0 Å². The van der Waals surface area contributed by atoms with Crippen LogP contribution in [0.4, 0.5) is 0 Å². The first-order chi connectivity index (χ1) is 10.7. The number of hydrogen-bond acceptors (Lipinski definition) is 3. The number of aromatic nitrogens is 4. The number of likely N-dealkylation sites (N-methyl/N-ethyl adjacent to an activating group) is 1. The molecule has 0 N–H and O–H groups in total. The molecule has 1 fully saturated rings. The summed E-state index contributed by atoms with van der Waals surface area (Å²) < 4.78 is 4.35. The molecule has 5 nitrogen and oxygen atoms in total. The number of nitrogens with zero attached hydrogens (tertiary/aromatic N) is 5. The summed E-state index contributed by atoms with van der Waals surface area (Å²) in [5.74, 6) is 1.72. The van der Waals surface area contributed by atoms with Crippen LogP contribution in [0.2, 0.25) is 0 Å². The average Bonchev–Trinajstić information content (AvgIpc) is 3.11. The van der Waals surface area contributed by atoms with Crippen molar-refractivity contribution in [3.05, 3.63) is 29.6 Å². The van der Waals surface area contributed by atoms with Gasteiger partial charge in [0.15, 0.2) is 0 Å². The number of aryl methyl sites for hydroxylation is 2. The maximum Gasteiger partial charge on any atom is 0.117 e. The fourth-order valence-electron chi connectivity index (χ4n) is 3.70. The summed E-state index contributed by atoms with van der Waals surface area (Å²) in [5.41, 5.74) is 3.52. The van der Waals surface area contributed by atoms with Gasteiger partial charge in [0.05, 0.1) is 17.1 Å². The molecule has 1 aliphatic heterocycles. The molecule has 2 aromatic rings. The van der Waals surface area contributed by atoms with Gasteiger partial charge in [-0.2, -0.15) is 5.10 Å². The van der Waals surface area contributed by atoms with Crippen molar-refractivity contribution in [2.24, 2.45) is 0 Å². The Kier molecular flexibility index (Phi) is 4.34. The Morgan fingerprint density at radius 3 is 2.73 bits per heavy atom. The van der Waals surface area contributed by atoms with Crippen LogP contribution in [0.3, 0.4) is 0 Å². The van der Waals surface area contributed by atoms with Crippen molar-refractivity contribution in [1.29, 1.82) is 0 Å². The molecule has 1 unspecified atom stereocenters. The van der Waals surface area contributed by atoms with Crippen molar-refractivity contribution in [3.8, 4) is 5.69 Å². The molecular formula is C17H27N5. The lowest BCUT2D eigenvalue weighted by Crippen LogP contribution is -2.35. The molecule has 5 heteroatoms. The van der Waals surface area contributed by atoms with E-state index < -0.39 is 0 Å². The number of piperidine rings is 1. The van der Waals surface area contributed by atoms with Gasteiger partial charge in [0, 0.05) is 31.4 Å². The molecule has 3 rings (SSSR count). The van der Waals surface area contributed by atoms with Crippen molar-refractivity contribution in [3.63, 3.8) is 0 Å². The molecule has 0 radical (unpaired) electrons. The number of likely N-dealkylation sites (tertiary alicyclic amines) is 1. The lowest BCUT2D eigenvalue weighted by Gasteiger charge is -2.31. The Bertz CT molecular complexity index is 640. The Balaban J connectivity index is 1.97. The van der Waals surface area contributed by atoms with Crippen molar-refractivity contribution in [1.82, 2.24) is 24.2 Å². The minimum atomic E-state index is 0.521. The maximum atomic E-state index is 4.70. The predicted octanol–water partition coefficient (Wildman–Crippen LogP) is 2.90. The minimum Gasteiger partial charge on any atom is -0.303 e. The minimum absolute atomic E-state index is 0.521. The highest BCUT2D eigenvalue weighted by Gasteiger charge is 2.25. The Morgan fingerprint density at radius 1 is 1.23 bits per heavy atom. The number of hydrogen-bond donors (Lipinski definition) is 0. The van der Waals surface area contributed by atoms with Crippen LogP contribution in [0, 0.1) is 13.8 Å². The van der Waals surface area contributed by atoms with E-state index in [0.29, 0.717) is 5.92 Å². The zero-order valence-corrected chi connectivity index (χ0v) is 14.2. The SMILES string of the molecule is CCN1CCCC(c2nccn2-c2c(C)nn(CC)c2C)C1. The van der Waals surface area contributed by atoms with Crippen LogP contribution >= 0.6 is 0 Å². The van der Waals surface area contributed by atoms with Crippen molar-refractivity contribution < 1.29 is 0 Å². The van der Waals surface area contributed by atoms with Crippen LogP contribution in [0.15, 0.2) is 12.4 Å². The predicted molar refractivity (Wildman–Crippen MR) is 88.6 cm³/mol. The van der Waals surface area contributed by atoms with Crippen LogP contribution in [0.25, 0.3) is 5.69 Å². The summed E-state index contributed by atoms with van der Waals surface area (Å²) in [4.78, 5) is 7.23. The third-order valence-corrected chi connectivity index (χ3v) is 4.87. The Hall–Kier alpha value is -1.62.